The summed E-state index contributed by atoms with van der Waals surface area (Å²) in [6.07, 6.45) is 0. The zero-order valence-electron chi connectivity index (χ0n) is 9.91. The van der Waals surface area contributed by atoms with Crippen LogP contribution in [-0.4, -0.2) is 5.11 Å². The van der Waals surface area contributed by atoms with Crippen molar-refractivity contribution in [2.75, 3.05) is 0 Å². The quantitative estimate of drug-likeness (QED) is 0.758. The number of hydrogen-bond donors (Lipinski definition) is 1. The minimum Gasteiger partial charge on any atom is -0.508 e. The van der Waals surface area contributed by atoms with Crippen LogP contribution in [0.15, 0.2) is 36.4 Å². The van der Waals surface area contributed by atoms with Crippen molar-refractivity contribution in [2.24, 2.45) is 0 Å². The largest absolute Gasteiger partial charge is 0.508 e. The molecule has 0 atom stereocenters. The topological polar surface area (TPSA) is 20.2 Å². The number of rotatable bonds is 1. The predicted octanol–water partition coefficient (Wildman–Crippen LogP) is 3.98. The van der Waals surface area contributed by atoms with E-state index in [0.717, 1.165) is 5.56 Å². The second-order valence-corrected chi connectivity index (χ2v) is 4.25. The number of aromatic hydroxyl groups is 1. The van der Waals surface area contributed by atoms with Gasteiger partial charge < -0.3 is 5.11 Å². The first-order valence-corrected chi connectivity index (χ1v) is 5.46. The molecule has 0 unspecified atom stereocenters. The molecule has 82 valence electrons. The van der Waals surface area contributed by atoms with Gasteiger partial charge in [0.15, 0.2) is 0 Å². The molecule has 0 aliphatic carbocycles. The molecule has 2 rings (SSSR count). The van der Waals surface area contributed by atoms with Crippen molar-refractivity contribution in [2.45, 2.75) is 20.8 Å². The standard InChI is InChI=1S/C15H16O/c1-10-5-4-6-14(12(10)3)15-9-13(16)8-7-11(15)2/h4-9,16H,1-3H3. The molecule has 0 aliphatic rings. The zero-order chi connectivity index (χ0) is 11.7. The van der Waals surface area contributed by atoms with Crippen LogP contribution < -0.4 is 0 Å². The van der Waals surface area contributed by atoms with Crippen LogP contribution in [0, 0.1) is 20.8 Å². The van der Waals surface area contributed by atoms with E-state index in [0.29, 0.717) is 5.75 Å². The lowest BCUT2D eigenvalue weighted by Crippen LogP contribution is -1.89. The molecule has 0 fully saturated rings. The zero-order valence-corrected chi connectivity index (χ0v) is 9.91. The third-order valence-corrected chi connectivity index (χ3v) is 3.12. The maximum Gasteiger partial charge on any atom is 0.116 e. The predicted molar refractivity (Wildman–Crippen MR) is 67.8 cm³/mol. The van der Waals surface area contributed by atoms with Gasteiger partial charge >= 0.3 is 0 Å². The number of hydrogen-bond acceptors (Lipinski definition) is 1. The fourth-order valence-electron chi connectivity index (χ4n) is 1.94. The summed E-state index contributed by atoms with van der Waals surface area (Å²) in [5.41, 5.74) is 6.05. The molecular formula is C15H16O. The molecule has 0 saturated carbocycles. The molecule has 2 aromatic rings. The fourth-order valence-corrected chi connectivity index (χ4v) is 1.94. The monoisotopic (exact) mass is 212 g/mol. The SMILES string of the molecule is Cc1ccc(O)cc1-c1cccc(C)c1C. The molecule has 0 spiro atoms. The average Bonchev–Trinajstić information content (AvgIpc) is 2.26. The second-order valence-electron chi connectivity index (χ2n) is 4.25. The van der Waals surface area contributed by atoms with E-state index in [9.17, 15) is 5.11 Å². The third kappa shape index (κ3) is 1.81. The van der Waals surface area contributed by atoms with Crippen LogP contribution in [0.3, 0.4) is 0 Å². The highest BCUT2D eigenvalue weighted by Crippen LogP contribution is 2.30. The first-order valence-electron chi connectivity index (χ1n) is 5.46. The van der Waals surface area contributed by atoms with E-state index in [4.69, 9.17) is 0 Å². The summed E-state index contributed by atoms with van der Waals surface area (Å²) in [4.78, 5) is 0. The van der Waals surface area contributed by atoms with Gasteiger partial charge in [-0.15, -0.1) is 0 Å². The van der Waals surface area contributed by atoms with Crippen molar-refractivity contribution >= 4 is 0 Å². The molecule has 0 heterocycles. The molecular weight excluding hydrogens is 196 g/mol. The minimum absolute atomic E-state index is 0.321. The molecule has 16 heavy (non-hydrogen) atoms. The van der Waals surface area contributed by atoms with Crippen LogP contribution in [0.5, 0.6) is 5.75 Å². The Morgan fingerprint density at radius 2 is 1.56 bits per heavy atom. The van der Waals surface area contributed by atoms with Gasteiger partial charge in [0.1, 0.15) is 5.75 Å². The maximum absolute atomic E-state index is 9.56. The van der Waals surface area contributed by atoms with Crippen LogP contribution in [0.2, 0.25) is 0 Å². The first kappa shape index (κ1) is 10.7. The summed E-state index contributed by atoms with van der Waals surface area (Å²) in [6.45, 7) is 6.29. The van der Waals surface area contributed by atoms with Gasteiger partial charge in [-0.25, -0.2) is 0 Å². The molecule has 1 N–H and O–H groups in total. The summed E-state index contributed by atoms with van der Waals surface area (Å²) < 4.78 is 0. The van der Waals surface area contributed by atoms with Crippen molar-refractivity contribution in [3.63, 3.8) is 0 Å². The van der Waals surface area contributed by atoms with Gasteiger partial charge in [0.2, 0.25) is 0 Å². The van der Waals surface area contributed by atoms with Crippen molar-refractivity contribution in [3.8, 4) is 16.9 Å². The van der Waals surface area contributed by atoms with Gasteiger partial charge in [0, 0.05) is 0 Å². The molecule has 1 heteroatoms. The highest BCUT2D eigenvalue weighted by molar-refractivity contribution is 5.72. The number of phenols is 1. The number of phenolic OH excluding ortho intramolecular Hbond substituents is 1. The Morgan fingerprint density at radius 1 is 0.812 bits per heavy atom. The maximum atomic E-state index is 9.56. The van der Waals surface area contributed by atoms with E-state index in [-0.39, 0.29) is 0 Å². The minimum atomic E-state index is 0.321. The molecule has 2 aromatic carbocycles. The van der Waals surface area contributed by atoms with E-state index in [1.807, 2.05) is 12.1 Å². The van der Waals surface area contributed by atoms with Crippen molar-refractivity contribution in [3.05, 3.63) is 53.1 Å². The second kappa shape index (κ2) is 4.01. The Hall–Kier alpha value is -1.76. The Kier molecular flexibility index (Phi) is 2.69. The Labute approximate surface area is 96.4 Å². The summed E-state index contributed by atoms with van der Waals surface area (Å²) in [5, 5.41) is 9.56. The van der Waals surface area contributed by atoms with E-state index in [1.165, 1.54) is 22.3 Å². The lowest BCUT2D eigenvalue weighted by molar-refractivity contribution is 0.475. The lowest BCUT2D eigenvalue weighted by atomic mass is 9.94. The highest BCUT2D eigenvalue weighted by Gasteiger charge is 2.07. The van der Waals surface area contributed by atoms with E-state index in [2.05, 4.69) is 39.0 Å². The van der Waals surface area contributed by atoms with Gasteiger partial charge in [-0.1, -0.05) is 24.3 Å². The van der Waals surface area contributed by atoms with Crippen molar-refractivity contribution < 1.29 is 5.11 Å². The van der Waals surface area contributed by atoms with E-state index >= 15 is 0 Å². The Balaban J connectivity index is 2.67. The third-order valence-electron chi connectivity index (χ3n) is 3.12. The molecule has 0 saturated heterocycles. The van der Waals surface area contributed by atoms with E-state index in [1.54, 1.807) is 6.07 Å². The highest BCUT2D eigenvalue weighted by atomic mass is 16.3. The molecule has 0 bridgehead atoms. The van der Waals surface area contributed by atoms with Crippen LogP contribution in [0.4, 0.5) is 0 Å². The fraction of sp³-hybridized carbons (Fsp3) is 0.200. The van der Waals surface area contributed by atoms with Gasteiger partial charge in [-0.3, -0.25) is 0 Å². The van der Waals surface area contributed by atoms with Gasteiger partial charge in [0.25, 0.3) is 0 Å². The molecule has 0 aromatic heterocycles. The number of aryl methyl sites for hydroxylation is 2. The van der Waals surface area contributed by atoms with Gasteiger partial charge in [-0.05, 0) is 60.7 Å². The molecule has 0 amide bonds. The summed E-state index contributed by atoms with van der Waals surface area (Å²) in [7, 11) is 0. The lowest BCUT2D eigenvalue weighted by Gasteiger charge is -2.11. The van der Waals surface area contributed by atoms with Crippen molar-refractivity contribution in [1.82, 2.24) is 0 Å². The summed E-state index contributed by atoms with van der Waals surface area (Å²) in [6, 6.07) is 11.8. The normalized spacial score (nSPS) is 10.4. The molecule has 0 radical (unpaired) electrons. The van der Waals surface area contributed by atoms with E-state index < -0.39 is 0 Å². The summed E-state index contributed by atoms with van der Waals surface area (Å²) in [5.74, 6) is 0.321. The van der Waals surface area contributed by atoms with Crippen LogP contribution in [-0.2, 0) is 0 Å². The molecule has 0 aliphatic heterocycles. The van der Waals surface area contributed by atoms with Crippen molar-refractivity contribution in [1.29, 1.82) is 0 Å². The Bertz CT molecular complexity index is 527. The average molecular weight is 212 g/mol. The van der Waals surface area contributed by atoms with Crippen LogP contribution >= 0.6 is 0 Å². The van der Waals surface area contributed by atoms with Crippen LogP contribution in [0.1, 0.15) is 16.7 Å². The molecule has 1 nitrogen and oxygen atoms in total. The van der Waals surface area contributed by atoms with Crippen LogP contribution in [0.25, 0.3) is 11.1 Å². The Morgan fingerprint density at radius 3 is 2.31 bits per heavy atom. The van der Waals surface area contributed by atoms with Gasteiger partial charge in [-0.2, -0.15) is 0 Å². The first-order chi connectivity index (χ1) is 7.59. The summed E-state index contributed by atoms with van der Waals surface area (Å²) >= 11 is 0. The van der Waals surface area contributed by atoms with Gasteiger partial charge in [0.05, 0.1) is 0 Å². The number of benzene rings is 2. The smallest absolute Gasteiger partial charge is 0.116 e.